The van der Waals surface area contributed by atoms with Gasteiger partial charge in [0, 0.05) is 0 Å². The standard InChI is InChI=1S/C10H18O5/c1-6-14-7(11)10(5,13)8(12)15-9(2,3)4/h13H,6H2,1-5H3/t10-/m0/s1. The maximum absolute atomic E-state index is 11.4. The van der Waals surface area contributed by atoms with Crippen LogP contribution in [-0.4, -0.2) is 34.9 Å². The lowest BCUT2D eigenvalue weighted by Crippen LogP contribution is -2.48. The van der Waals surface area contributed by atoms with Gasteiger partial charge in [0.25, 0.3) is 5.60 Å². The SMILES string of the molecule is CCOC(=O)[C@](C)(O)C(=O)OC(C)(C)C. The van der Waals surface area contributed by atoms with E-state index >= 15 is 0 Å². The first kappa shape index (κ1) is 13.9. The van der Waals surface area contributed by atoms with Crippen LogP contribution in [0.1, 0.15) is 34.6 Å². The van der Waals surface area contributed by atoms with Crippen molar-refractivity contribution in [2.75, 3.05) is 6.61 Å². The van der Waals surface area contributed by atoms with Crippen molar-refractivity contribution in [2.24, 2.45) is 0 Å². The van der Waals surface area contributed by atoms with E-state index in [9.17, 15) is 14.7 Å². The fraction of sp³-hybridized carbons (Fsp3) is 0.800. The molecule has 0 aliphatic carbocycles. The Bertz CT molecular complexity index is 249. The van der Waals surface area contributed by atoms with Crippen molar-refractivity contribution in [1.29, 1.82) is 0 Å². The van der Waals surface area contributed by atoms with E-state index in [1.807, 2.05) is 0 Å². The summed E-state index contributed by atoms with van der Waals surface area (Å²) in [4.78, 5) is 22.6. The molecule has 5 nitrogen and oxygen atoms in total. The van der Waals surface area contributed by atoms with Crippen molar-refractivity contribution in [3.63, 3.8) is 0 Å². The van der Waals surface area contributed by atoms with Crippen molar-refractivity contribution in [3.8, 4) is 0 Å². The van der Waals surface area contributed by atoms with Crippen molar-refractivity contribution >= 4 is 11.9 Å². The average Bonchev–Trinajstić information content (AvgIpc) is 2.01. The van der Waals surface area contributed by atoms with Gasteiger partial charge in [-0.2, -0.15) is 0 Å². The number of aliphatic hydroxyl groups is 1. The maximum Gasteiger partial charge on any atom is 0.350 e. The second-order valence-electron chi connectivity index (χ2n) is 4.29. The van der Waals surface area contributed by atoms with E-state index in [-0.39, 0.29) is 6.61 Å². The van der Waals surface area contributed by atoms with Gasteiger partial charge in [-0.3, -0.25) is 0 Å². The van der Waals surface area contributed by atoms with Crippen molar-refractivity contribution < 1.29 is 24.2 Å². The Morgan fingerprint density at radius 2 is 1.60 bits per heavy atom. The fourth-order valence-electron chi connectivity index (χ4n) is 0.732. The minimum atomic E-state index is -2.25. The zero-order chi connectivity index (χ0) is 12.3. The largest absolute Gasteiger partial charge is 0.463 e. The lowest BCUT2D eigenvalue weighted by atomic mass is 10.1. The minimum Gasteiger partial charge on any atom is -0.463 e. The summed E-state index contributed by atoms with van der Waals surface area (Å²) in [6.45, 7) is 7.67. The third-order valence-electron chi connectivity index (χ3n) is 1.47. The Morgan fingerprint density at radius 3 is 1.93 bits per heavy atom. The number of ether oxygens (including phenoxy) is 2. The second kappa shape index (κ2) is 4.61. The highest BCUT2D eigenvalue weighted by molar-refractivity contribution is 6.02. The number of rotatable bonds is 3. The number of hydrogen-bond acceptors (Lipinski definition) is 5. The summed E-state index contributed by atoms with van der Waals surface area (Å²) in [7, 11) is 0. The smallest absolute Gasteiger partial charge is 0.350 e. The predicted molar refractivity (Wildman–Crippen MR) is 53.1 cm³/mol. The van der Waals surface area contributed by atoms with Crippen LogP contribution in [0.2, 0.25) is 0 Å². The molecule has 5 heteroatoms. The van der Waals surface area contributed by atoms with Crippen LogP contribution in [0.5, 0.6) is 0 Å². The van der Waals surface area contributed by atoms with Gasteiger partial charge in [0.05, 0.1) is 6.61 Å². The molecule has 0 rings (SSSR count). The molecular formula is C10H18O5. The third kappa shape index (κ3) is 4.29. The first-order chi connectivity index (χ1) is 6.61. The number of hydrogen-bond donors (Lipinski definition) is 1. The van der Waals surface area contributed by atoms with Gasteiger partial charge in [0.15, 0.2) is 0 Å². The monoisotopic (exact) mass is 218 g/mol. The van der Waals surface area contributed by atoms with E-state index in [2.05, 4.69) is 4.74 Å². The summed E-state index contributed by atoms with van der Waals surface area (Å²) >= 11 is 0. The molecule has 88 valence electrons. The van der Waals surface area contributed by atoms with E-state index < -0.39 is 23.1 Å². The van der Waals surface area contributed by atoms with Crippen LogP contribution in [-0.2, 0) is 19.1 Å². The highest BCUT2D eigenvalue weighted by Crippen LogP contribution is 2.15. The van der Waals surface area contributed by atoms with Crippen molar-refractivity contribution in [3.05, 3.63) is 0 Å². The lowest BCUT2D eigenvalue weighted by Gasteiger charge is -2.25. The molecule has 0 amide bonds. The third-order valence-corrected chi connectivity index (χ3v) is 1.47. The normalized spacial score (nSPS) is 15.3. The average molecular weight is 218 g/mol. The van der Waals surface area contributed by atoms with Crippen molar-refractivity contribution in [1.82, 2.24) is 0 Å². The van der Waals surface area contributed by atoms with Crippen LogP contribution in [0.15, 0.2) is 0 Å². The van der Waals surface area contributed by atoms with Gasteiger partial charge in [-0.1, -0.05) is 0 Å². The molecule has 15 heavy (non-hydrogen) atoms. The highest BCUT2D eigenvalue weighted by atomic mass is 16.6. The minimum absolute atomic E-state index is 0.0950. The highest BCUT2D eigenvalue weighted by Gasteiger charge is 2.43. The molecule has 0 fully saturated rings. The van der Waals surface area contributed by atoms with E-state index in [1.54, 1.807) is 27.7 Å². The van der Waals surface area contributed by atoms with Crippen molar-refractivity contribution in [2.45, 2.75) is 45.8 Å². The fourth-order valence-corrected chi connectivity index (χ4v) is 0.732. The van der Waals surface area contributed by atoms with Crippen LogP contribution in [0.4, 0.5) is 0 Å². The van der Waals surface area contributed by atoms with Crippen LogP contribution in [0.3, 0.4) is 0 Å². The Kier molecular flexibility index (Phi) is 4.27. The molecule has 0 unspecified atom stereocenters. The van der Waals surface area contributed by atoms with Gasteiger partial charge in [-0.15, -0.1) is 0 Å². The van der Waals surface area contributed by atoms with Gasteiger partial charge in [-0.25, -0.2) is 9.59 Å². The van der Waals surface area contributed by atoms with Gasteiger partial charge in [0.2, 0.25) is 0 Å². The molecule has 0 aromatic heterocycles. The predicted octanol–water partition coefficient (Wildman–Crippen LogP) is 0.642. The summed E-state index contributed by atoms with van der Waals surface area (Å²) in [5.41, 5.74) is -3.00. The van der Waals surface area contributed by atoms with Crippen LogP contribution < -0.4 is 0 Å². The topological polar surface area (TPSA) is 72.8 Å². The van der Waals surface area contributed by atoms with E-state index in [0.29, 0.717) is 0 Å². The Hall–Kier alpha value is -1.10. The summed E-state index contributed by atoms with van der Waals surface area (Å²) < 4.78 is 9.43. The summed E-state index contributed by atoms with van der Waals surface area (Å²) in [6, 6.07) is 0. The number of esters is 2. The zero-order valence-electron chi connectivity index (χ0n) is 9.79. The molecule has 0 aliphatic heterocycles. The molecule has 0 aliphatic rings. The molecule has 0 heterocycles. The molecule has 0 radical (unpaired) electrons. The molecule has 0 saturated carbocycles. The molecule has 0 spiro atoms. The molecular weight excluding hydrogens is 200 g/mol. The molecule has 0 saturated heterocycles. The van der Waals surface area contributed by atoms with E-state index in [0.717, 1.165) is 6.92 Å². The van der Waals surface area contributed by atoms with Gasteiger partial charge < -0.3 is 14.6 Å². The first-order valence-corrected chi connectivity index (χ1v) is 4.74. The molecule has 1 N–H and O–H groups in total. The quantitative estimate of drug-likeness (QED) is 0.556. The maximum atomic E-state index is 11.4. The van der Waals surface area contributed by atoms with Crippen LogP contribution in [0.25, 0.3) is 0 Å². The number of carbonyl (C=O) groups excluding carboxylic acids is 2. The summed E-state index contributed by atoms with van der Waals surface area (Å²) in [5, 5.41) is 9.60. The van der Waals surface area contributed by atoms with E-state index in [4.69, 9.17) is 4.74 Å². The summed E-state index contributed by atoms with van der Waals surface area (Å²) in [6.07, 6.45) is 0. The number of carbonyl (C=O) groups is 2. The van der Waals surface area contributed by atoms with E-state index in [1.165, 1.54) is 0 Å². The van der Waals surface area contributed by atoms with Gasteiger partial charge >= 0.3 is 11.9 Å². The van der Waals surface area contributed by atoms with Crippen LogP contribution >= 0.6 is 0 Å². The van der Waals surface area contributed by atoms with Gasteiger partial charge in [0.1, 0.15) is 5.60 Å². The molecule has 0 bridgehead atoms. The summed E-state index contributed by atoms with van der Waals surface area (Å²) in [5.74, 6) is -2.01. The van der Waals surface area contributed by atoms with Crippen LogP contribution in [0, 0.1) is 0 Å². The second-order valence-corrected chi connectivity index (χ2v) is 4.29. The molecule has 0 aromatic carbocycles. The molecule has 1 atom stereocenters. The Balaban J connectivity index is 4.59. The zero-order valence-corrected chi connectivity index (χ0v) is 9.79. The first-order valence-electron chi connectivity index (χ1n) is 4.74. The Morgan fingerprint density at radius 1 is 1.13 bits per heavy atom. The lowest BCUT2D eigenvalue weighted by molar-refractivity contribution is -0.188. The van der Waals surface area contributed by atoms with Gasteiger partial charge in [-0.05, 0) is 34.6 Å². The molecule has 0 aromatic rings. The Labute approximate surface area is 89.4 Å².